The summed E-state index contributed by atoms with van der Waals surface area (Å²) < 4.78 is 118. The molecule has 0 unspecified atom stereocenters. The van der Waals surface area contributed by atoms with E-state index in [-0.39, 0.29) is 19.5 Å². The van der Waals surface area contributed by atoms with Crippen LogP contribution in [-0.2, 0) is 32.3 Å². The summed E-state index contributed by atoms with van der Waals surface area (Å²) in [6.07, 6.45) is 8.78. The smallest absolute Gasteiger partial charge is 0.255 e. The Kier molecular flexibility index (Phi) is 13.7. The molecule has 0 aromatic carbocycles. The minimum atomic E-state index is -10.7. The molecular formula is C32H26F12N6P2Ru. The fraction of sp³-hybridized carbons (Fsp3) is 0.0625. The number of halogens is 12. The molecular weight excluding hydrogens is 859 g/mol. The van der Waals surface area contributed by atoms with Crippen molar-refractivity contribution in [2.24, 2.45) is 0 Å². The van der Waals surface area contributed by atoms with Gasteiger partial charge in [0.15, 0.2) is 0 Å². The van der Waals surface area contributed by atoms with E-state index in [0.29, 0.717) is 0 Å². The summed E-state index contributed by atoms with van der Waals surface area (Å²) in [5.41, 5.74) is 7.50. The first kappa shape index (κ1) is 44.7. The minimum absolute atomic E-state index is 0. The van der Waals surface area contributed by atoms with Crippen LogP contribution in [0.25, 0.3) is 34.2 Å². The fourth-order valence-corrected chi connectivity index (χ4v) is 3.84. The van der Waals surface area contributed by atoms with Crippen molar-refractivity contribution in [3.05, 3.63) is 145 Å². The quantitative estimate of drug-likeness (QED) is 0.0942. The van der Waals surface area contributed by atoms with Gasteiger partial charge in [-0.15, -0.1) is 0 Å². The maximum Gasteiger partial charge on any atom is 2.00 e. The van der Waals surface area contributed by atoms with Gasteiger partial charge in [-0.25, -0.2) is 0 Å². The standard InChI is InChI=1S/C22H18N4.C10H8N2.2F6P.Ru/c1-3-15-23-19(9-1)21-11-5-7-17(25-21)13-14-18-8-6-12-22(26-18)20-10-2-4-16-24-20;1-3-7-11-9(5-1)10-6-2-4-8-12-10;2*1-7(2,3,4,5)6;/h1-12,15-16H,13-14H2;1-8H;;;/q;;2*-1;+2. The molecule has 0 aliphatic carbocycles. The van der Waals surface area contributed by atoms with Crippen LogP contribution in [0.5, 0.6) is 0 Å². The van der Waals surface area contributed by atoms with Crippen molar-refractivity contribution < 1.29 is 69.8 Å². The summed E-state index contributed by atoms with van der Waals surface area (Å²) in [5.74, 6) is 0. The zero-order chi connectivity index (χ0) is 38.6. The molecule has 0 bridgehead atoms. The topological polar surface area (TPSA) is 77.3 Å². The van der Waals surface area contributed by atoms with Crippen LogP contribution in [0, 0.1) is 0 Å². The van der Waals surface area contributed by atoms with E-state index in [1.165, 1.54) is 0 Å². The van der Waals surface area contributed by atoms with E-state index in [4.69, 9.17) is 9.97 Å². The first-order chi connectivity index (χ1) is 23.7. The van der Waals surface area contributed by atoms with Gasteiger partial charge in [0.2, 0.25) is 0 Å². The molecule has 53 heavy (non-hydrogen) atoms. The third-order valence-corrected chi connectivity index (χ3v) is 5.70. The number of nitrogens with zero attached hydrogens (tertiary/aromatic N) is 6. The summed E-state index contributed by atoms with van der Waals surface area (Å²) in [6.45, 7) is 0. The molecule has 0 aliphatic heterocycles. The average Bonchev–Trinajstić information content (AvgIpc) is 3.07. The van der Waals surface area contributed by atoms with Crippen molar-refractivity contribution in [2.45, 2.75) is 12.8 Å². The molecule has 286 valence electrons. The van der Waals surface area contributed by atoms with E-state index in [1.54, 1.807) is 24.8 Å². The van der Waals surface area contributed by atoms with Gasteiger partial charge in [-0.1, -0.05) is 36.4 Å². The molecule has 6 rings (SSSR count). The molecule has 21 heteroatoms. The molecule has 6 aromatic heterocycles. The number of rotatable bonds is 6. The number of hydrogen-bond acceptors (Lipinski definition) is 6. The van der Waals surface area contributed by atoms with Crippen molar-refractivity contribution >= 4 is 15.6 Å². The zero-order valence-electron chi connectivity index (χ0n) is 26.6. The molecule has 6 aromatic rings. The first-order valence-corrected chi connectivity index (χ1v) is 18.5. The Bertz CT molecular complexity index is 1850. The largest absolute Gasteiger partial charge is 2.00 e. The normalized spacial score (nSPS) is 13.5. The predicted octanol–water partition coefficient (Wildman–Crippen LogP) is 13.3. The maximum atomic E-state index is 9.87. The van der Waals surface area contributed by atoms with Crippen LogP contribution in [0.2, 0.25) is 0 Å². The SMILES string of the molecule is F[P-](F)(F)(F)(F)F.F[P-](F)(F)(F)(F)F.[Ru+2].c1ccc(-c2cccc(CCc3cccc(-c4ccccn4)n3)n2)nc1.c1ccc(-c2ccccn2)nc1. The van der Waals surface area contributed by atoms with Gasteiger partial charge in [0.25, 0.3) is 0 Å². The van der Waals surface area contributed by atoms with Crippen LogP contribution in [0.3, 0.4) is 0 Å². The summed E-state index contributed by atoms with van der Waals surface area (Å²) in [7, 11) is -21.3. The Labute approximate surface area is 307 Å². The van der Waals surface area contributed by atoms with E-state index >= 15 is 0 Å². The van der Waals surface area contributed by atoms with Crippen LogP contribution in [0.15, 0.2) is 134 Å². The second kappa shape index (κ2) is 16.3. The van der Waals surface area contributed by atoms with Gasteiger partial charge in [-0.3, -0.25) is 29.9 Å². The van der Waals surface area contributed by atoms with Crippen molar-refractivity contribution in [2.75, 3.05) is 0 Å². The van der Waals surface area contributed by atoms with Gasteiger partial charge in [-0.2, -0.15) is 0 Å². The van der Waals surface area contributed by atoms with Crippen LogP contribution in [0.1, 0.15) is 11.4 Å². The van der Waals surface area contributed by atoms with Gasteiger partial charge in [0.05, 0.1) is 34.2 Å². The van der Waals surface area contributed by atoms with Crippen molar-refractivity contribution in [3.8, 4) is 34.2 Å². The Morgan fingerprint density at radius 1 is 0.321 bits per heavy atom. The van der Waals surface area contributed by atoms with Gasteiger partial charge in [0, 0.05) is 36.2 Å². The third-order valence-electron chi connectivity index (χ3n) is 5.70. The molecule has 0 saturated carbocycles. The van der Waals surface area contributed by atoms with Crippen LogP contribution >= 0.6 is 15.6 Å². The molecule has 0 N–H and O–H groups in total. The monoisotopic (exact) mass is 886 g/mol. The van der Waals surface area contributed by atoms with Crippen LogP contribution in [-0.4, -0.2) is 29.9 Å². The Morgan fingerprint density at radius 3 is 0.774 bits per heavy atom. The summed E-state index contributed by atoms with van der Waals surface area (Å²) >= 11 is 0. The zero-order valence-corrected chi connectivity index (χ0v) is 30.1. The minimum Gasteiger partial charge on any atom is -0.255 e. The summed E-state index contributed by atoms with van der Waals surface area (Å²) in [4.78, 5) is 26.6. The summed E-state index contributed by atoms with van der Waals surface area (Å²) in [6, 6.07) is 35.5. The second-order valence-electron chi connectivity index (χ2n) is 10.3. The Balaban J connectivity index is 0.000000297. The molecule has 6 heterocycles. The predicted molar refractivity (Wildman–Crippen MR) is 177 cm³/mol. The first-order valence-electron chi connectivity index (χ1n) is 14.4. The maximum absolute atomic E-state index is 10.7. The molecule has 0 radical (unpaired) electrons. The van der Waals surface area contributed by atoms with Crippen molar-refractivity contribution in [1.82, 2.24) is 29.9 Å². The molecule has 6 nitrogen and oxygen atoms in total. The summed E-state index contributed by atoms with van der Waals surface area (Å²) in [5, 5.41) is 0. The average molecular weight is 886 g/mol. The van der Waals surface area contributed by atoms with Gasteiger partial charge >= 0.3 is 85.5 Å². The van der Waals surface area contributed by atoms with Gasteiger partial charge in [0.1, 0.15) is 0 Å². The van der Waals surface area contributed by atoms with E-state index in [1.807, 2.05) is 97.1 Å². The third kappa shape index (κ3) is 23.7. The van der Waals surface area contributed by atoms with Gasteiger partial charge < -0.3 is 0 Å². The van der Waals surface area contributed by atoms with Crippen molar-refractivity contribution in [1.29, 1.82) is 0 Å². The molecule has 0 aliphatic rings. The number of aromatic nitrogens is 6. The van der Waals surface area contributed by atoms with Crippen LogP contribution < -0.4 is 0 Å². The number of hydrogen-bond donors (Lipinski definition) is 0. The Hall–Kier alpha value is -4.46. The van der Waals surface area contributed by atoms with E-state index in [2.05, 4.69) is 32.1 Å². The molecule has 0 spiro atoms. The molecule has 0 atom stereocenters. The van der Waals surface area contributed by atoms with Gasteiger partial charge in [-0.05, 0) is 85.6 Å². The number of pyridine rings is 6. The van der Waals surface area contributed by atoms with E-state index < -0.39 is 15.6 Å². The molecule has 0 amide bonds. The Morgan fingerprint density at radius 2 is 0.547 bits per heavy atom. The molecule has 0 fully saturated rings. The molecule has 0 saturated heterocycles. The fourth-order valence-electron chi connectivity index (χ4n) is 3.84. The number of aryl methyl sites for hydroxylation is 2. The van der Waals surface area contributed by atoms with E-state index in [0.717, 1.165) is 58.4 Å². The second-order valence-corrected chi connectivity index (χ2v) is 14.1. The van der Waals surface area contributed by atoms with Crippen LogP contribution in [0.4, 0.5) is 50.4 Å². The van der Waals surface area contributed by atoms with E-state index in [9.17, 15) is 50.4 Å². The van der Waals surface area contributed by atoms with Crippen molar-refractivity contribution in [3.63, 3.8) is 0 Å².